The molecule has 1 fully saturated rings. The highest BCUT2D eigenvalue weighted by atomic mass is 16.5. The Balaban J connectivity index is 2.19. The van der Waals surface area contributed by atoms with Gasteiger partial charge in [0.25, 0.3) is 0 Å². The summed E-state index contributed by atoms with van der Waals surface area (Å²) in [7, 11) is 0. The number of ether oxygens (including phenoxy) is 1. The van der Waals surface area contributed by atoms with Gasteiger partial charge in [-0.25, -0.2) is 0 Å². The first kappa shape index (κ1) is 12.2. The number of esters is 1. The van der Waals surface area contributed by atoms with Crippen LogP contribution in [0.15, 0.2) is 12.1 Å². The molecule has 0 saturated heterocycles. The van der Waals surface area contributed by atoms with E-state index in [1.807, 2.05) is 6.92 Å². The fourth-order valence-corrected chi connectivity index (χ4v) is 2.80. The molecule has 92 valence electrons. The van der Waals surface area contributed by atoms with Crippen molar-refractivity contribution in [3.05, 3.63) is 34.4 Å². The zero-order chi connectivity index (χ0) is 12.6. The summed E-state index contributed by atoms with van der Waals surface area (Å²) >= 11 is 0. The van der Waals surface area contributed by atoms with Gasteiger partial charge >= 0.3 is 5.97 Å². The van der Waals surface area contributed by atoms with Gasteiger partial charge in [-0.3, -0.25) is 4.79 Å². The molecule has 2 atom stereocenters. The molecule has 1 aliphatic rings. The monoisotopic (exact) mass is 232 g/mol. The van der Waals surface area contributed by atoms with E-state index in [-0.39, 0.29) is 11.9 Å². The third-order valence-corrected chi connectivity index (χ3v) is 3.49. The molecule has 1 aliphatic carbocycles. The lowest BCUT2D eigenvalue weighted by molar-refractivity contribution is -0.144. The van der Waals surface area contributed by atoms with Crippen molar-refractivity contribution in [2.75, 3.05) is 6.61 Å². The maximum atomic E-state index is 11.7. The minimum absolute atomic E-state index is 0.0307. The molecule has 1 aromatic carbocycles. The Morgan fingerprint density at radius 1 is 1.29 bits per heavy atom. The van der Waals surface area contributed by atoms with Crippen LogP contribution in [-0.2, 0) is 9.53 Å². The second-order valence-electron chi connectivity index (χ2n) is 5.01. The van der Waals surface area contributed by atoms with Crippen molar-refractivity contribution in [2.45, 2.75) is 40.0 Å². The van der Waals surface area contributed by atoms with Crippen molar-refractivity contribution in [2.24, 2.45) is 5.92 Å². The van der Waals surface area contributed by atoms with Gasteiger partial charge in [-0.2, -0.15) is 0 Å². The highest BCUT2D eigenvalue weighted by Crippen LogP contribution is 2.50. The van der Waals surface area contributed by atoms with E-state index in [4.69, 9.17) is 4.74 Å². The average Bonchev–Trinajstić information content (AvgIpc) is 2.96. The van der Waals surface area contributed by atoms with Crippen LogP contribution in [0.5, 0.6) is 0 Å². The lowest BCUT2D eigenvalue weighted by Gasteiger charge is -2.11. The maximum Gasteiger partial charge on any atom is 0.309 e. The molecule has 0 heterocycles. The largest absolute Gasteiger partial charge is 0.466 e. The molecular weight excluding hydrogens is 212 g/mol. The minimum Gasteiger partial charge on any atom is -0.466 e. The van der Waals surface area contributed by atoms with Crippen molar-refractivity contribution in [3.63, 3.8) is 0 Å². The summed E-state index contributed by atoms with van der Waals surface area (Å²) in [6.45, 7) is 8.72. The molecule has 0 aromatic heterocycles. The molecule has 17 heavy (non-hydrogen) atoms. The summed E-state index contributed by atoms with van der Waals surface area (Å²) < 4.78 is 5.08. The molecule has 0 N–H and O–H groups in total. The first-order valence-corrected chi connectivity index (χ1v) is 6.29. The second kappa shape index (κ2) is 4.52. The van der Waals surface area contributed by atoms with Crippen LogP contribution in [0.25, 0.3) is 0 Å². The molecule has 0 aliphatic heterocycles. The predicted octanol–water partition coefficient (Wildman–Crippen LogP) is 3.28. The molecule has 1 aromatic rings. The van der Waals surface area contributed by atoms with Gasteiger partial charge in [-0.15, -0.1) is 0 Å². The van der Waals surface area contributed by atoms with Crippen LogP contribution < -0.4 is 0 Å². The van der Waals surface area contributed by atoms with E-state index >= 15 is 0 Å². The summed E-state index contributed by atoms with van der Waals surface area (Å²) in [5, 5.41) is 0. The van der Waals surface area contributed by atoms with Gasteiger partial charge in [-0.1, -0.05) is 17.7 Å². The summed E-state index contributed by atoms with van der Waals surface area (Å²) in [6.07, 6.45) is 0.948. The fraction of sp³-hybridized carbons (Fsp3) is 0.533. The lowest BCUT2D eigenvalue weighted by Crippen LogP contribution is -2.08. The average molecular weight is 232 g/mol. The summed E-state index contributed by atoms with van der Waals surface area (Å²) in [6, 6.07) is 4.39. The molecule has 0 radical (unpaired) electrons. The Bertz CT molecular complexity index is 425. The standard InChI is InChI=1S/C15H20O2/c1-5-17-15(16)13-8-12(13)14-10(3)6-9(2)7-11(14)4/h6-7,12-13H,5,8H2,1-4H3. The van der Waals surface area contributed by atoms with Crippen LogP contribution in [0.4, 0.5) is 0 Å². The van der Waals surface area contributed by atoms with E-state index in [0.717, 1.165) is 6.42 Å². The Morgan fingerprint density at radius 2 is 1.88 bits per heavy atom. The third kappa shape index (κ3) is 2.36. The third-order valence-electron chi connectivity index (χ3n) is 3.49. The van der Waals surface area contributed by atoms with Crippen LogP contribution in [0.3, 0.4) is 0 Å². The summed E-state index contributed by atoms with van der Waals surface area (Å²) in [4.78, 5) is 11.7. The van der Waals surface area contributed by atoms with E-state index < -0.39 is 0 Å². The van der Waals surface area contributed by atoms with Gasteiger partial charge in [0.15, 0.2) is 0 Å². The number of benzene rings is 1. The molecule has 2 nitrogen and oxygen atoms in total. The summed E-state index contributed by atoms with van der Waals surface area (Å²) in [5.74, 6) is 0.446. The highest BCUT2D eigenvalue weighted by Gasteiger charge is 2.46. The number of hydrogen-bond donors (Lipinski definition) is 0. The van der Waals surface area contributed by atoms with Crippen molar-refractivity contribution >= 4 is 5.97 Å². The van der Waals surface area contributed by atoms with Crippen molar-refractivity contribution < 1.29 is 9.53 Å². The number of hydrogen-bond acceptors (Lipinski definition) is 2. The van der Waals surface area contributed by atoms with Gasteiger partial charge in [-0.05, 0) is 56.7 Å². The van der Waals surface area contributed by atoms with Crippen molar-refractivity contribution in [1.82, 2.24) is 0 Å². The van der Waals surface area contributed by atoms with Crippen molar-refractivity contribution in [1.29, 1.82) is 0 Å². The predicted molar refractivity (Wildman–Crippen MR) is 68.1 cm³/mol. The molecule has 2 heteroatoms. The number of rotatable bonds is 3. The van der Waals surface area contributed by atoms with E-state index in [2.05, 4.69) is 32.9 Å². The van der Waals surface area contributed by atoms with Gasteiger partial charge < -0.3 is 4.74 Å². The van der Waals surface area contributed by atoms with Gasteiger partial charge in [0.05, 0.1) is 12.5 Å². The molecule has 0 spiro atoms. The van der Waals surface area contributed by atoms with Crippen LogP contribution in [0.2, 0.25) is 0 Å². The molecule has 2 rings (SSSR count). The van der Waals surface area contributed by atoms with Gasteiger partial charge in [0.2, 0.25) is 0 Å². The zero-order valence-electron chi connectivity index (χ0n) is 11.0. The van der Waals surface area contributed by atoms with E-state index in [1.54, 1.807) is 0 Å². The Kier molecular flexibility index (Phi) is 3.23. The molecule has 2 unspecified atom stereocenters. The van der Waals surface area contributed by atoms with Crippen LogP contribution in [0.1, 0.15) is 41.5 Å². The lowest BCUT2D eigenvalue weighted by atomic mass is 9.95. The van der Waals surface area contributed by atoms with E-state index in [9.17, 15) is 4.79 Å². The number of carbonyl (C=O) groups is 1. The van der Waals surface area contributed by atoms with Crippen molar-refractivity contribution in [3.8, 4) is 0 Å². The van der Waals surface area contributed by atoms with E-state index in [1.165, 1.54) is 22.3 Å². The maximum absolute atomic E-state index is 11.7. The first-order chi connectivity index (χ1) is 8.04. The number of aryl methyl sites for hydroxylation is 3. The quantitative estimate of drug-likeness (QED) is 0.748. The molecule has 0 amide bonds. The second-order valence-corrected chi connectivity index (χ2v) is 5.01. The highest BCUT2D eigenvalue weighted by molar-refractivity contribution is 5.77. The van der Waals surface area contributed by atoms with Crippen LogP contribution in [0, 0.1) is 26.7 Å². The minimum atomic E-state index is -0.0307. The Labute approximate surface area is 103 Å². The summed E-state index contributed by atoms with van der Waals surface area (Å²) in [5.41, 5.74) is 5.25. The Morgan fingerprint density at radius 3 is 2.41 bits per heavy atom. The first-order valence-electron chi connectivity index (χ1n) is 6.29. The molecule has 0 bridgehead atoms. The topological polar surface area (TPSA) is 26.3 Å². The van der Waals surface area contributed by atoms with Gasteiger partial charge in [0, 0.05) is 0 Å². The molecular formula is C15H20O2. The van der Waals surface area contributed by atoms with E-state index in [0.29, 0.717) is 12.5 Å². The fourth-order valence-electron chi connectivity index (χ4n) is 2.80. The SMILES string of the molecule is CCOC(=O)C1CC1c1c(C)cc(C)cc1C. The Hall–Kier alpha value is -1.31. The normalized spacial score (nSPS) is 22.4. The number of carbonyl (C=O) groups excluding carboxylic acids is 1. The molecule has 1 saturated carbocycles. The zero-order valence-corrected chi connectivity index (χ0v) is 11.0. The van der Waals surface area contributed by atoms with Crippen LogP contribution in [-0.4, -0.2) is 12.6 Å². The van der Waals surface area contributed by atoms with Gasteiger partial charge in [0.1, 0.15) is 0 Å². The smallest absolute Gasteiger partial charge is 0.309 e. The van der Waals surface area contributed by atoms with Crippen LogP contribution >= 0.6 is 0 Å².